The molecule has 0 spiro atoms. The van der Waals surface area contributed by atoms with Gasteiger partial charge in [-0.3, -0.25) is 4.79 Å². The first-order valence-electron chi connectivity index (χ1n) is 6.22. The first-order chi connectivity index (χ1) is 9.42. The number of halogens is 2. The fraction of sp³-hybridized carbons (Fsp3) is 0.462. The molecule has 1 rings (SSSR count). The molecule has 0 aliphatic carbocycles. The van der Waals surface area contributed by atoms with E-state index in [2.05, 4.69) is 10.0 Å². The first-order valence-corrected chi connectivity index (χ1v) is 7.70. The molecule has 21 heavy (non-hydrogen) atoms. The van der Waals surface area contributed by atoms with Crippen LogP contribution in [-0.4, -0.2) is 25.9 Å². The Bertz CT molecular complexity index is 639. The smallest absolute Gasteiger partial charge is 0.244 e. The second-order valence-electron chi connectivity index (χ2n) is 5.66. The predicted octanol–water partition coefficient (Wildman–Crippen LogP) is 1.55. The molecule has 1 aromatic rings. The third kappa shape index (κ3) is 5.05. The van der Waals surface area contributed by atoms with Crippen molar-refractivity contribution in [3.05, 3.63) is 29.8 Å². The molecule has 118 valence electrons. The van der Waals surface area contributed by atoms with Crippen LogP contribution in [0.25, 0.3) is 0 Å². The molecule has 0 bridgehead atoms. The van der Waals surface area contributed by atoms with Gasteiger partial charge in [0.05, 0.1) is 6.04 Å². The summed E-state index contributed by atoms with van der Waals surface area (Å²) in [6.07, 6.45) is 0. The van der Waals surface area contributed by atoms with E-state index in [1.54, 1.807) is 20.8 Å². The number of hydrogen-bond acceptors (Lipinski definition) is 3. The summed E-state index contributed by atoms with van der Waals surface area (Å²) in [6.45, 7) is 6.56. The third-order valence-corrected chi connectivity index (χ3v) is 3.98. The zero-order valence-electron chi connectivity index (χ0n) is 12.2. The van der Waals surface area contributed by atoms with Gasteiger partial charge in [0.2, 0.25) is 15.9 Å². The average Bonchev–Trinajstić information content (AvgIpc) is 2.24. The van der Waals surface area contributed by atoms with Gasteiger partial charge in [-0.25, -0.2) is 17.2 Å². The predicted molar refractivity (Wildman–Crippen MR) is 74.0 cm³/mol. The Labute approximate surface area is 122 Å². The van der Waals surface area contributed by atoms with Gasteiger partial charge in [-0.2, -0.15) is 4.72 Å². The van der Waals surface area contributed by atoms with E-state index >= 15 is 0 Å². The quantitative estimate of drug-likeness (QED) is 0.884. The Kier molecular flexibility index (Phi) is 5.06. The number of benzene rings is 1. The van der Waals surface area contributed by atoms with Crippen molar-refractivity contribution < 1.29 is 22.0 Å². The van der Waals surface area contributed by atoms with Crippen LogP contribution in [0.5, 0.6) is 0 Å². The topological polar surface area (TPSA) is 75.3 Å². The van der Waals surface area contributed by atoms with Crippen LogP contribution in [0.1, 0.15) is 27.7 Å². The summed E-state index contributed by atoms with van der Waals surface area (Å²) >= 11 is 0. The van der Waals surface area contributed by atoms with Crippen molar-refractivity contribution in [2.75, 3.05) is 0 Å². The molecular formula is C13H18F2N2O3S. The molecule has 1 amide bonds. The van der Waals surface area contributed by atoms with Crippen LogP contribution in [0.4, 0.5) is 8.78 Å². The van der Waals surface area contributed by atoms with E-state index in [1.807, 2.05) is 0 Å². The van der Waals surface area contributed by atoms with Gasteiger partial charge in [-0.05, 0) is 39.8 Å². The lowest BCUT2D eigenvalue weighted by atomic mass is 10.1. The van der Waals surface area contributed by atoms with Crippen LogP contribution in [0.3, 0.4) is 0 Å². The summed E-state index contributed by atoms with van der Waals surface area (Å²) in [5.41, 5.74) is -0.530. The molecule has 0 radical (unpaired) electrons. The van der Waals surface area contributed by atoms with Gasteiger partial charge in [0, 0.05) is 11.6 Å². The van der Waals surface area contributed by atoms with E-state index in [-0.39, 0.29) is 0 Å². The van der Waals surface area contributed by atoms with Crippen molar-refractivity contribution in [1.29, 1.82) is 0 Å². The molecule has 0 heterocycles. The van der Waals surface area contributed by atoms with Crippen molar-refractivity contribution in [2.24, 2.45) is 0 Å². The third-order valence-electron chi connectivity index (χ3n) is 2.41. The number of hydrogen-bond donors (Lipinski definition) is 2. The monoisotopic (exact) mass is 320 g/mol. The molecule has 5 nitrogen and oxygen atoms in total. The maximum Gasteiger partial charge on any atom is 0.244 e. The minimum Gasteiger partial charge on any atom is -0.350 e. The molecule has 2 N–H and O–H groups in total. The zero-order chi connectivity index (χ0) is 16.4. The van der Waals surface area contributed by atoms with E-state index < -0.39 is 44.0 Å². The highest BCUT2D eigenvalue weighted by molar-refractivity contribution is 7.89. The molecule has 1 aromatic carbocycles. The molecule has 0 saturated carbocycles. The SMILES string of the molecule is CC(NS(=O)(=O)c1ccc(F)cc1F)C(=O)NC(C)(C)C. The minimum absolute atomic E-state index is 0.467. The lowest BCUT2D eigenvalue weighted by Crippen LogP contribution is -2.50. The number of carbonyl (C=O) groups excluding carboxylic acids is 1. The van der Waals surface area contributed by atoms with Crippen molar-refractivity contribution in [3.8, 4) is 0 Å². The van der Waals surface area contributed by atoms with Crippen LogP contribution in [0.2, 0.25) is 0 Å². The maximum atomic E-state index is 13.5. The minimum atomic E-state index is -4.26. The van der Waals surface area contributed by atoms with Crippen LogP contribution in [0.15, 0.2) is 23.1 Å². The van der Waals surface area contributed by atoms with Crippen molar-refractivity contribution in [1.82, 2.24) is 10.0 Å². The first kappa shape index (κ1) is 17.5. The lowest BCUT2D eigenvalue weighted by Gasteiger charge is -2.23. The van der Waals surface area contributed by atoms with Crippen LogP contribution >= 0.6 is 0 Å². The number of carbonyl (C=O) groups is 1. The molecular weight excluding hydrogens is 302 g/mol. The summed E-state index contributed by atoms with van der Waals surface area (Å²) in [4.78, 5) is 11.1. The van der Waals surface area contributed by atoms with E-state index in [1.165, 1.54) is 6.92 Å². The Morgan fingerprint density at radius 1 is 1.24 bits per heavy atom. The van der Waals surface area contributed by atoms with Crippen molar-refractivity contribution in [2.45, 2.75) is 44.2 Å². The highest BCUT2D eigenvalue weighted by Gasteiger charge is 2.26. The van der Waals surface area contributed by atoms with E-state index in [0.29, 0.717) is 6.07 Å². The van der Waals surface area contributed by atoms with Gasteiger partial charge in [-0.15, -0.1) is 0 Å². The van der Waals surface area contributed by atoms with E-state index in [9.17, 15) is 22.0 Å². The maximum absolute atomic E-state index is 13.5. The zero-order valence-corrected chi connectivity index (χ0v) is 13.0. The second-order valence-corrected chi connectivity index (χ2v) is 7.34. The standard InChI is InChI=1S/C13H18F2N2O3S/c1-8(12(18)16-13(2,3)4)17-21(19,20)11-6-5-9(14)7-10(11)15/h5-8,17H,1-4H3,(H,16,18). The van der Waals surface area contributed by atoms with Crippen molar-refractivity contribution >= 4 is 15.9 Å². The van der Waals surface area contributed by atoms with E-state index in [4.69, 9.17) is 0 Å². The second kappa shape index (κ2) is 6.07. The van der Waals surface area contributed by atoms with Crippen molar-refractivity contribution in [3.63, 3.8) is 0 Å². The molecule has 0 aliphatic heterocycles. The largest absolute Gasteiger partial charge is 0.350 e. The number of amides is 1. The molecule has 0 fully saturated rings. The number of rotatable bonds is 4. The number of sulfonamides is 1. The Hall–Kier alpha value is -1.54. The fourth-order valence-corrected chi connectivity index (χ4v) is 2.78. The Morgan fingerprint density at radius 2 is 1.81 bits per heavy atom. The van der Waals surface area contributed by atoms with Gasteiger partial charge < -0.3 is 5.32 Å². The summed E-state index contributed by atoms with van der Waals surface area (Å²) in [5.74, 6) is -2.65. The van der Waals surface area contributed by atoms with Gasteiger partial charge in [-0.1, -0.05) is 0 Å². The molecule has 8 heteroatoms. The highest BCUT2D eigenvalue weighted by atomic mass is 32.2. The van der Waals surface area contributed by atoms with Gasteiger partial charge in [0.15, 0.2) is 0 Å². The molecule has 0 aliphatic rings. The van der Waals surface area contributed by atoms with Gasteiger partial charge in [0.1, 0.15) is 16.5 Å². The molecule has 1 atom stereocenters. The molecule has 0 aromatic heterocycles. The normalized spacial score (nSPS) is 13.8. The Balaban J connectivity index is 2.92. The average molecular weight is 320 g/mol. The lowest BCUT2D eigenvalue weighted by molar-refractivity contribution is -0.123. The van der Waals surface area contributed by atoms with Gasteiger partial charge in [0.25, 0.3) is 0 Å². The molecule has 1 unspecified atom stereocenters. The summed E-state index contributed by atoms with van der Waals surface area (Å²) in [7, 11) is -4.26. The molecule has 0 saturated heterocycles. The van der Waals surface area contributed by atoms with E-state index in [0.717, 1.165) is 12.1 Å². The van der Waals surface area contributed by atoms with Crippen LogP contribution in [0, 0.1) is 11.6 Å². The fourth-order valence-electron chi connectivity index (χ4n) is 1.52. The summed E-state index contributed by atoms with van der Waals surface area (Å²) in [5, 5.41) is 2.60. The summed E-state index contributed by atoms with van der Waals surface area (Å²) in [6, 6.07) is 1.01. The highest BCUT2D eigenvalue weighted by Crippen LogP contribution is 2.15. The summed E-state index contributed by atoms with van der Waals surface area (Å²) < 4.78 is 52.3. The van der Waals surface area contributed by atoms with Gasteiger partial charge >= 0.3 is 0 Å². The Morgan fingerprint density at radius 3 is 2.29 bits per heavy atom. The van der Waals surface area contributed by atoms with Crippen LogP contribution < -0.4 is 10.0 Å². The number of nitrogens with one attached hydrogen (secondary N) is 2. The van der Waals surface area contributed by atoms with Crippen LogP contribution in [-0.2, 0) is 14.8 Å².